The quantitative estimate of drug-likeness (QED) is 0.865. The average molecular weight is 286 g/mol. The molecule has 0 heterocycles. The van der Waals surface area contributed by atoms with Gasteiger partial charge in [-0.1, -0.05) is 38.8 Å². The van der Waals surface area contributed by atoms with E-state index in [0.717, 1.165) is 35.2 Å². The molecule has 0 aliphatic rings. The van der Waals surface area contributed by atoms with Crippen molar-refractivity contribution in [3.05, 3.63) is 28.2 Å². The zero-order valence-corrected chi connectivity index (χ0v) is 11.6. The van der Waals surface area contributed by atoms with Gasteiger partial charge in [0.25, 0.3) is 0 Å². The minimum absolute atomic E-state index is 0.512. The van der Waals surface area contributed by atoms with E-state index in [4.69, 9.17) is 10.5 Å². The van der Waals surface area contributed by atoms with Crippen LogP contribution in [0.3, 0.4) is 0 Å². The van der Waals surface area contributed by atoms with E-state index in [-0.39, 0.29) is 0 Å². The van der Waals surface area contributed by atoms with E-state index in [1.54, 1.807) is 0 Å². The van der Waals surface area contributed by atoms with Gasteiger partial charge in [-0.2, -0.15) is 0 Å². The van der Waals surface area contributed by atoms with Crippen LogP contribution in [0.4, 0.5) is 0 Å². The topological polar surface area (TPSA) is 35.2 Å². The number of hydrogen-bond acceptors (Lipinski definition) is 2. The highest BCUT2D eigenvalue weighted by molar-refractivity contribution is 9.10. The Morgan fingerprint density at radius 3 is 2.56 bits per heavy atom. The van der Waals surface area contributed by atoms with Gasteiger partial charge in [-0.15, -0.1) is 0 Å². The zero-order valence-electron chi connectivity index (χ0n) is 10.0. The fraction of sp³-hybridized carbons (Fsp3) is 0.538. The summed E-state index contributed by atoms with van der Waals surface area (Å²) in [5.41, 5.74) is 6.75. The number of halogens is 1. The van der Waals surface area contributed by atoms with Crippen LogP contribution in [0.5, 0.6) is 5.75 Å². The molecule has 0 aliphatic heterocycles. The van der Waals surface area contributed by atoms with E-state index in [1.165, 1.54) is 0 Å². The van der Waals surface area contributed by atoms with E-state index in [0.29, 0.717) is 12.5 Å². The average Bonchev–Trinajstić information content (AvgIpc) is 2.31. The normalized spacial score (nSPS) is 10.8. The SMILES string of the molecule is CCC(CC)COc1c(Br)cccc1CN. The van der Waals surface area contributed by atoms with E-state index < -0.39 is 0 Å². The van der Waals surface area contributed by atoms with Gasteiger partial charge >= 0.3 is 0 Å². The summed E-state index contributed by atoms with van der Waals surface area (Å²) in [6.45, 7) is 5.67. The highest BCUT2D eigenvalue weighted by Crippen LogP contribution is 2.29. The maximum Gasteiger partial charge on any atom is 0.137 e. The summed E-state index contributed by atoms with van der Waals surface area (Å²) in [6, 6.07) is 5.98. The second-order valence-corrected chi connectivity index (χ2v) is 4.78. The molecule has 0 bridgehead atoms. The molecule has 0 spiro atoms. The minimum atomic E-state index is 0.512. The molecule has 0 saturated carbocycles. The van der Waals surface area contributed by atoms with Gasteiger partial charge in [0.2, 0.25) is 0 Å². The van der Waals surface area contributed by atoms with Gasteiger partial charge in [-0.3, -0.25) is 0 Å². The fourth-order valence-corrected chi connectivity index (χ4v) is 2.12. The molecule has 0 aliphatic carbocycles. The highest BCUT2D eigenvalue weighted by Gasteiger charge is 2.09. The number of hydrogen-bond donors (Lipinski definition) is 1. The van der Waals surface area contributed by atoms with Gasteiger partial charge in [0.1, 0.15) is 5.75 Å². The molecule has 0 aromatic heterocycles. The van der Waals surface area contributed by atoms with Crippen LogP contribution in [0.1, 0.15) is 32.3 Å². The largest absolute Gasteiger partial charge is 0.492 e. The lowest BCUT2D eigenvalue weighted by molar-refractivity contribution is 0.237. The lowest BCUT2D eigenvalue weighted by Crippen LogP contribution is -2.12. The van der Waals surface area contributed by atoms with Crippen LogP contribution in [0.15, 0.2) is 22.7 Å². The van der Waals surface area contributed by atoms with Gasteiger partial charge in [-0.25, -0.2) is 0 Å². The Balaban J connectivity index is 2.72. The summed E-state index contributed by atoms with van der Waals surface area (Å²) >= 11 is 3.50. The lowest BCUT2D eigenvalue weighted by atomic mass is 10.1. The van der Waals surface area contributed by atoms with E-state index in [1.807, 2.05) is 18.2 Å². The second kappa shape index (κ2) is 6.92. The molecule has 1 rings (SSSR count). The molecule has 2 N–H and O–H groups in total. The number of nitrogens with two attached hydrogens (primary N) is 1. The number of benzene rings is 1. The van der Waals surface area contributed by atoms with Crippen molar-refractivity contribution in [1.29, 1.82) is 0 Å². The van der Waals surface area contributed by atoms with Crippen LogP contribution < -0.4 is 10.5 Å². The molecule has 90 valence electrons. The van der Waals surface area contributed by atoms with Crippen LogP contribution >= 0.6 is 15.9 Å². The number of ether oxygens (including phenoxy) is 1. The Labute approximate surface area is 106 Å². The first-order chi connectivity index (χ1) is 7.72. The lowest BCUT2D eigenvalue weighted by Gasteiger charge is -2.16. The Hall–Kier alpha value is -0.540. The predicted octanol–water partition coefficient (Wildman–Crippen LogP) is 3.72. The van der Waals surface area contributed by atoms with Crippen molar-refractivity contribution >= 4 is 15.9 Å². The Morgan fingerprint density at radius 1 is 1.31 bits per heavy atom. The summed E-state index contributed by atoms with van der Waals surface area (Å²) in [5.74, 6) is 1.52. The summed E-state index contributed by atoms with van der Waals surface area (Å²) in [6.07, 6.45) is 2.30. The molecule has 0 unspecified atom stereocenters. The molecule has 2 nitrogen and oxygen atoms in total. The molecule has 3 heteroatoms. The van der Waals surface area contributed by atoms with Crippen molar-refractivity contribution < 1.29 is 4.74 Å². The summed E-state index contributed by atoms with van der Waals surface area (Å²) in [7, 11) is 0. The van der Waals surface area contributed by atoms with Crippen molar-refractivity contribution in [3.63, 3.8) is 0 Å². The zero-order chi connectivity index (χ0) is 12.0. The van der Waals surface area contributed by atoms with Crippen LogP contribution in [0, 0.1) is 5.92 Å². The van der Waals surface area contributed by atoms with Crippen molar-refractivity contribution in [2.45, 2.75) is 33.2 Å². The third-order valence-corrected chi connectivity index (χ3v) is 3.51. The summed E-state index contributed by atoms with van der Waals surface area (Å²) < 4.78 is 6.86. The van der Waals surface area contributed by atoms with Crippen molar-refractivity contribution in [2.75, 3.05) is 6.61 Å². The maximum atomic E-state index is 5.88. The molecule has 0 radical (unpaired) electrons. The first-order valence-electron chi connectivity index (χ1n) is 5.83. The van der Waals surface area contributed by atoms with Gasteiger partial charge in [0.05, 0.1) is 11.1 Å². The van der Waals surface area contributed by atoms with Crippen LogP contribution in [-0.4, -0.2) is 6.61 Å². The molecule has 16 heavy (non-hydrogen) atoms. The molecular weight excluding hydrogens is 266 g/mol. The minimum Gasteiger partial charge on any atom is -0.492 e. The molecule has 0 amide bonds. The van der Waals surface area contributed by atoms with Gasteiger partial charge in [0, 0.05) is 12.1 Å². The van der Waals surface area contributed by atoms with Gasteiger partial charge in [-0.05, 0) is 27.9 Å². The Kier molecular flexibility index (Phi) is 5.85. The predicted molar refractivity (Wildman–Crippen MR) is 71.6 cm³/mol. The van der Waals surface area contributed by atoms with E-state index >= 15 is 0 Å². The smallest absolute Gasteiger partial charge is 0.137 e. The highest BCUT2D eigenvalue weighted by atomic mass is 79.9. The van der Waals surface area contributed by atoms with Crippen LogP contribution in [-0.2, 0) is 6.54 Å². The molecule has 0 fully saturated rings. The second-order valence-electron chi connectivity index (χ2n) is 3.93. The molecule has 1 aromatic rings. The summed E-state index contributed by atoms with van der Waals surface area (Å²) in [5, 5.41) is 0. The van der Waals surface area contributed by atoms with Crippen LogP contribution in [0.2, 0.25) is 0 Å². The fourth-order valence-electron chi connectivity index (χ4n) is 1.60. The van der Waals surface area contributed by atoms with Crippen molar-refractivity contribution in [1.82, 2.24) is 0 Å². The maximum absolute atomic E-state index is 5.88. The van der Waals surface area contributed by atoms with Crippen molar-refractivity contribution in [2.24, 2.45) is 11.7 Å². The number of para-hydroxylation sites is 1. The third kappa shape index (κ3) is 3.49. The monoisotopic (exact) mass is 285 g/mol. The molecule has 1 aromatic carbocycles. The first-order valence-corrected chi connectivity index (χ1v) is 6.62. The van der Waals surface area contributed by atoms with Gasteiger partial charge < -0.3 is 10.5 Å². The van der Waals surface area contributed by atoms with Crippen molar-refractivity contribution in [3.8, 4) is 5.75 Å². The van der Waals surface area contributed by atoms with E-state index in [9.17, 15) is 0 Å². The molecule has 0 atom stereocenters. The van der Waals surface area contributed by atoms with Gasteiger partial charge in [0.15, 0.2) is 0 Å². The Bertz CT molecular complexity index is 324. The summed E-state index contributed by atoms with van der Waals surface area (Å²) in [4.78, 5) is 0. The number of rotatable bonds is 6. The molecule has 0 saturated heterocycles. The Morgan fingerprint density at radius 2 is 2.00 bits per heavy atom. The third-order valence-electron chi connectivity index (χ3n) is 2.89. The molecular formula is C13H20BrNO. The van der Waals surface area contributed by atoms with E-state index in [2.05, 4.69) is 29.8 Å². The van der Waals surface area contributed by atoms with Crippen LogP contribution in [0.25, 0.3) is 0 Å². The standard InChI is InChI=1S/C13H20BrNO/c1-3-10(4-2)9-16-13-11(8-15)6-5-7-12(13)14/h5-7,10H,3-4,8-9,15H2,1-2H3. The first kappa shape index (κ1) is 13.5.